The molecule has 0 saturated carbocycles. The summed E-state index contributed by atoms with van der Waals surface area (Å²) >= 11 is 1.42. The number of nitrogens with zero attached hydrogens (tertiary/aromatic N) is 2. The summed E-state index contributed by atoms with van der Waals surface area (Å²) in [6.07, 6.45) is 0.193. The smallest absolute Gasteiger partial charge is 0.306 e. The minimum Gasteiger partial charge on any atom is -0.497 e. The van der Waals surface area contributed by atoms with E-state index in [0.717, 1.165) is 33.8 Å². The number of nitrogens with one attached hydrogen (secondary N) is 2. The van der Waals surface area contributed by atoms with E-state index in [1.54, 1.807) is 14.2 Å². The number of thiazole rings is 1. The first kappa shape index (κ1) is 34.6. The molecular weight excluding hydrogens is 629 g/mol. The van der Waals surface area contributed by atoms with E-state index in [2.05, 4.69) is 15.6 Å². The van der Waals surface area contributed by atoms with Crippen LogP contribution in [0.5, 0.6) is 11.5 Å². The Morgan fingerprint density at radius 1 is 1.00 bits per heavy atom. The van der Waals surface area contributed by atoms with Crippen molar-refractivity contribution < 1.29 is 32.0 Å². The van der Waals surface area contributed by atoms with Crippen molar-refractivity contribution in [2.24, 2.45) is 0 Å². The van der Waals surface area contributed by atoms with Gasteiger partial charge in [0.05, 0.1) is 32.1 Å². The number of rotatable bonds is 15. The number of benzene rings is 3. The van der Waals surface area contributed by atoms with Gasteiger partial charge < -0.3 is 29.6 Å². The number of hydrogen-bond donors (Lipinski definition) is 3. The standard InChI is InChI=1S/C33H38N4O7S2/c1-22-21-45-31(35-22)20-37(2)33(40)26-15-25(16-28(17-26)44-46(4,41)42)32(39)36-29(14-23-9-6-5-7-10-23)30(38)19-34-18-24-11-8-12-27(13-24)43-3/h5-13,15-17,21,29-30,34,38H,14,18-20H2,1-4H3,(H,36,39)/t29-,30-/m0/s1. The largest absolute Gasteiger partial charge is 0.497 e. The lowest BCUT2D eigenvalue weighted by Gasteiger charge is -2.25. The second-order valence-corrected chi connectivity index (χ2v) is 13.4. The van der Waals surface area contributed by atoms with E-state index < -0.39 is 34.1 Å². The Labute approximate surface area is 273 Å². The molecule has 1 aromatic heterocycles. The Kier molecular flexibility index (Phi) is 11.9. The summed E-state index contributed by atoms with van der Waals surface area (Å²) in [5.74, 6) is -0.530. The van der Waals surface area contributed by atoms with Gasteiger partial charge in [-0.2, -0.15) is 8.42 Å². The average Bonchev–Trinajstić information content (AvgIpc) is 3.43. The van der Waals surface area contributed by atoms with Crippen molar-refractivity contribution in [3.05, 3.63) is 111 Å². The lowest BCUT2D eigenvalue weighted by atomic mass is 10.00. The fourth-order valence-corrected chi connectivity index (χ4v) is 6.01. The fraction of sp³-hybridized carbons (Fsp3) is 0.303. The van der Waals surface area contributed by atoms with E-state index >= 15 is 0 Å². The molecule has 3 N–H and O–H groups in total. The summed E-state index contributed by atoms with van der Waals surface area (Å²) in [5, 5.41) is 20.0. The summed E-state index contributed by atoms with van der Waals surface area (Å²) in [7, 11) is -0.779. The number of aliphatic hydroxyl groups is 1. The highest BCUT2D eigenvalue weighted by atomic mass is 32.2. The maximum atomic E-state index is 13.7. The van der Waals surface area contributed by atoms with Gasteiger partial charge in [-0.15, -0.1) is 11.3 Å². The fourth-order valence-electron chi connectivity index (χ4n) is 4.74. The molecule has 1 heterocycles. The van der Waals surface area contributed by atoms with E-state index in [1.807, 2.05) is 66.9 Å². The van der Waals surface area contributed by atoms with Crippen molar-refractivity contribution in [1.29, 1.82) is 0 Å². The van der Waals surface area contributed by atoms with Crippen molar-refractivity contribution in [2.45, 2.75) is 38.6 Å². The lowest BCUT2D eigenvalue weighted by Crippen LogP contribution is -2.48. The predicted molar refractivity (Wildman–Crippen MR) is 177 cm³/mol. The van der Waals surface area contributed by atoms with Gasteiger partial charge in [-0.05, 0) is 54.8 Å². The van der Waals surface area contributed by atoms with Crippen LogP contribution >= 0.6 is 11.3 Å². The molecule has 2 amide bonds. The Hall–Kier alpha value is -4.30. The lowest BCUT2D eigenvalue weighted by molar-refractivity contribution is 0.0784. The molecule has 0 unspecified atom stereocenters. The van der Waals surface area contributed by atoms with E-state index in [9.17, 15) is 23.1 Å². The summed E-state index contributed by atoms with van der Waals surface area (Å²) < 4.78 is 34.3. The van der Waals surface area contributed by atoms with E-state index in [4.69, 9.17) is 8.92 Å². The highest BCUT2D eigenvalue weighted by molar-refractivity contribution is 7.86. The van der Waals surface area contributed by atoms with Crippen molar-refractivity contribution in [3.63, 3.8) is 0 Å². The molecule has 244 valence electrons. The van der Waals surface area contributed by atoms with Gasteiger partial charge in [-0.3, -0.25) is 9.59 Å². The Balaban J connectivity index is 1.55. The zero-order valence-electron chi connectivity index (χ0n) is 26.1. The number of carbonyl (C=O) groups excluding carboxylic acids is 2. The monoisotopic (exact) mass is 666 g/mol. The van der Waals surface area contributed by atoms with Crippen molar-refractivity contribution in [2.75, 3.05) is 27.0 Å². The van der Waals surface area contributed by atoms with E-state index in [-0.39, 0.29) is 30.0 Å². The summed E-state index contributed by atoms with van der Waals surface area (Å²) in [6, 6.07) is 20.1. The first-order chi connectivity index (χ1) is 21.9. The topological polar surface area (TPSA) is 147 Å². The van der Waals surface area contributed by atoms with Crippen molar-refractivity contribution in [3.8, 4) is 11.5 Å². The van der Waals surface area contributed by atoms with Crippen LogP contribution < -0.4 is 19.6 Å². The number of ether oxygens (including phenoxy) is 1. The maximum absolute atomic E-state index is 13.7. The second-order valence-electron chi connectivity index (χ2n) is 10.9. The molecule has 0 spiro atoms. The number of aromatic nitrogens is 1. The van der Waals surface area contributed by atoms with Crippen LogP contribution in [0.25, 0.3) is 0 Å². The Bertz CT molecular complexity index is 1750. The molecule has 0 aliphatic rings. The molecule has 3 aromatic carbocycles. The first-order valence-electron chi connectivity index (χ1n) is 14.5. The number of carbonyl (C=O) groups is 2. The second kappa shape index (κ2) is 15.8. The van der Waals surface area contributed by atoms with Crippen LogP contribution in [-0.2, 0) is 29.6 Å². The van der Waals surface area contributed by atoms with Gasteiger partial charge in [0.2, 0.25) is 0 Å². The number of hydrogen-bond acceptors (Lipinski definition) is 10. The molecule has 13 heteroatoms. The van der Waals surface area contributed by atoms with Crippen LogP contribution in [-0.4, -0.2) is 74.3 Å². The van der Waals surface area contributed by atoms with Crippen molar-refractivity contribution in [1.82, 2.24) is 20.5 Å². The van der Waals surface area contributed by atoms with Gasteiger partial charge in [-0.25, -0.2) is 4.98 Å². The average molecular weight is 667 g/mol. The number of aliphatic hydroxyl groups excluding tert-OH is 1. The minimum absolute atomic E-state index is 0.00223. The van der Waals surface area contributed by atoms with E-state index in [0.29, 0.717) is 13.0 Å². The molecule has 0 bridgehead atoms. The zero-order valence-corrected chi connectivity index (χ0v) is 27.7. The molecule has 11 nitrogen and oxygen atoms in total. The van der Waals surface area contributed by atoms with Crippen LogP contribution in [0.2, 0.25) is 0 Å². The molecule has 2 atom stereocenters. The highest BCUT2D eigenvalue weighted by Gasteiger charge is 2.25. The minimum atomic E-state index is -3.96. The Morgan fingerprint density at radius 2 is 1.72 bits per heavy atom. The molecule has 46 heavy (non-hydrogen) atoms. The van der Waals surface area contributed by atoms with Crippen molar-refractivity contribution >= 4 is 33.3 Å². The number of aryl methyl sites for hydroxylation is 1. The van der Waals surface area contributed by atoms with Gasteiger partial charge in [0.15, 0.2) is 0 Å². The third kappa shape index (κ3) is 10.4. The van der Waals surface area contributed by atoms with E-state index in [1.165, 1.54) is 34.4 Å². The van der Waals surface area contributed by atoms with Crippen LogP contribution in [0.4, 0.5) is 0 Å². The van der Waals surface area contributed by atoms with Gasteiger partial charge in [-0.1, -0.05) is 42.5 Å². The molecule has 4 aromatic rings. The summed E-state index contributed by atoms with van der Waals surface area (Å²) in [6.45, 7) is 2.71. The van der Waals surface area contributed by atoms with Gasteiger partial charge in [0.1, 0.15) is 16.5 Å². The normalized spacial score (nSPS) is 12.6. The number of methoxy groups -OCH3 is 1. The quantitative estimate of drug-likeness (QED) is 0.162. The zero-order chi connectivity index (χ0) is 33.3. The molecular formula is C33H38N4O7S2. The first-order valence-corrected chi connectivity index (χ1v) is 17.2. The summed E-state index contributed by atoms with van der Waals surface area (Å²) in [4.78, 5) is 32.9. The van der Waals surface area contributed by atoms with Gasteiger partial charge in [0, 0.05) is 42.3 Å². The van der Waals surface area contributed by atoms with Gasteiger partial charge in [0.25, 0.3) is 11.8 Å². The van der Waals surface area contributed by atoms with Gasteiger partial charge >= 0.3 is 10.1 Å². The van der Waals surface area contributed by atoms with Crippen LogP contribution in [0.1, 0.15) is 42.5 Å². The SMILES string of the molecule is COc1cccc(CNC[C@H](O)[C@H](Cc2ccccc2)NC(=O)c2cc(OS(C)(=O)=O)cc(C(=O)N(C)Cc3nc(C)cs3)c2)c1. The predicted octanol–water partition coefficient (Wildman–Crippen LogP) is 3.56. The Morgan fingerprint density at radius 3 is 2.39 bits per heavy atom. The highest BCUT2D eigenvalue weighted by Crippen LogP contribution is 2.22. The van der Waals surface area contributed by atoms with Crippen LogP contribution in [0.3, 0.4) is 0 Å². The molecule has 0 aliphatic carbocycles. The third-order valence-electron chi connectivity index (χ3n) is 6.95. The summed E-state index contributed by atoms with van der Waals surface area (Å²) in [5.41, 5.74) is 2.75. The molecule has 0 radical (unpaired) electrons. The molecule has 0 fully saturated rings. The molecule has 0 saturated heterocycles. The third-order valence-corrected chi connectivity index (χ3v) is 8.39. The molecule has 4 rings (SSSR count). The van der Waals surface area contributed by atoms with Crippen LogP contribution in [0.15, 0.2) is 78.2 Å². The van der Waals surface area contributed by atoms with Crippen LogP contribution in [0, 0.1) is 6.92 Å². The number of amides is 2. The maximum Gasteiger partial charge on any atom is 0.306 e. The molecule has 0 aliphatic heterocycles.